The summed E-state index contributed by atoms with van der Waals surface area (Å²) in [5.74, 6) is 0.331. The van der Waals surface area contributed by atoms with Crippen molar-refractivity contribution < 1.29 is 80.2 Å². The molecule has 0 aromatic heterocycles. The van der Waals surface area contributed by atoms with Crippen molar-refractivity contribution >= 4 is 39.5 Å². The summed E-state index contributed by atoms with van der Waals surface area (Å²) in [5, 5.41) is 10.6. The Kier molecular flexibility index (Phi) is 69.0. The molecule has 588 valence electrons. The third-order valence-electron chi connectivity index (χ3n) is 19.4. The number of carbonyl (C=O) groups is 4. The number of hydrogen-bond acceptors (Lipinski definition) is 15. The largest absolute Gasteiger partial charge is 0.472 e. The number of ether oxygens (including phenoxy) is 4. The number of carbonyl (C=O) groups excluding carboxylic acids is 4. The summed E-state index contributed by atoms with van der Waals surface area (Å²) in [7, 11) is -9.92. The van der Waals surface area contributed by atoms with Crippen molar-refractivity contribution in [3.05, 3.63) is 0 Å². The van der Waals surface area contributed by atoms with Crippen LogP contribution in [0, 0.1) is 17.8 Å². The van der Waals surface area contributed by atoms with Crippen LogP contribution in [0.1, 0.15) is 414 Å². The van der Waals surface area contributed by atoms with Crippen LogP contribution in [0.5, 0.6) is 0 Å². The standard InChI is InChI=1S/C80H156O17P2/c1-8-11-12-13-14-30-40-47-54-61-77(82)90-67-75(97-80(85)64-57-50-43-36-29-28-33-39-46-53-60-73(7)10-3)69-94-98(86,87)92-65-74(81)66-93-99(88,89)95-70-76(68-91-78(83)62-55-48-41-34-27-23-24-31-37-44-51-58-71(4)5)96-79(84)63-56-49-42-35-26-22-20-18-16-15-17-19-21-25-32-38-45-52-59-72(6)9-2/h71-76,81H,8-70H2,1-7H3,(H,86,87)(H,88,89)/t72?,73?,74-,75+,76+/m0/s1. The minimum Gasteiger partial charge on any atom is -0.462 e. The van der Waals surface area contributed by atoms with Gasteiger partial charge in [-0.2, -0.15) is 0 Å². The fraction of sp³-hybridized carbons (Fsp3) is 0.950. The summed E-state index contributed by atoms with van der Waals surface area (Å²) >= 11 is 0. The summed E-state index contributed by atoms with van der Waals surface area (Å²) in [6, 6.07) is 0. The number of hydrogen-bond donors (Lipinski definition) is 3. The lowest BCUT2D eigenvalue weighted by Gasteiger charge is -2.21. The highest BCUT2D eigenvalue weighted by atomic mass is 31.2. The number of esters is 4. The fourth-order valence-corrected chi connectivity index (χ4v) is 13.8. The second-order valence-corrected chi connectivity index (χ2v) is 32.7. The van der Waals surface area contributed by atoms with E-state index < -0.39 is 97.5 Å². The molecule has 0 rings (SSSR count). The van der Waals surface area contributed by atoms with Crippen LogP contribution in [0.2, 0.25) is 0 Å². The molecule has 17 nitrogen and oxygen atoms in total. The summed E-state index contributed by atoms with van der Waals surface area (Å²) in [5.41, 5.74) is 0. The van der Waals surface area contributed by atoms with Crippen molar-refractivity contribution in [3.63, 3.8) is 0 Å². The Morgan fingerprint density at radius 1 is 0.293 bits per heavy atom. The van der Waals surface area contributed by atoms with E-state index in [1.807, 2.05) is 0 Å². The average molecular weight is 1450 g/mol. The van der Waals surface area contributed by atoms with Crippen LogP contribution < -0.4 is 0 Å². The van der Waals surface area contributed by atoms with Crippen molar-refractivity contribution in [1.29, 1.82) is 0 Å². The molecule has 0 bridgehead atoms. The van der Waals surface area contributed by atoms with Crippen molar-refractivity contribution in [3.8, 4) is 0 Å². The first kappa shape index (κ1) is 97.1. The Balaban J connectivity index is 5.20. The summed E-state index contributed by atoms with van der Waals surface area (Å²) in [4.78, 5) is 72.9. The highest BCUT2D eigenvalue weighted by molar-refractivity contribution is 7.47. The quantitative estimate of drug-likeness (QED) is 0.0222. The molecule has 99 heavy (non-hydrogen) atoms. The third-order valence-corrected chi connectivity index (χ3v) is 21.3. The van der Waals surface area contributed by atoms with Gasteiger partial charge in [0.1, 0.15) is 19.3 Å². The average Bonchev–Trinajstić information content (AvgIpc) is 1.32. The van der Waals surface area contributed by atoms with E-state index in [2.05, 4.69) is 48.5 Å². The van der Waals surface area contributed by atoms with Gasteiger partial charge in [0.25, 0.3) is 0 Å². The lowest BCUT2D eigenvalue weighted by Crippen LogP contribution is -2.30. The van der Waals surface area contributed by atoms with E-state index in [9.17, 15) is 43.2 Å². The van der Waals surface area contributed by atoms with E-state index in [1.165, 1.54) is 225 Å². The molecule has 0 aromatic carbocycles. The van der Waals surface area contributed by atoms with Gasteiger partial charge in [0.2, 0.25) is 0 Å². The molecule has 19 heteroatoms. The van der Waals surface area contributed by atoms with Gasteiger partial charge in [-0.05, 0) is 43.4 Å². The number of unbranched alkanes of at least 4 members (excludes halogenated alkanes) is 44. The molecule has 0 aliphatic rings. The maximum Gasteiger partial charge on any atom is 0.472 e. The topological polar surface area (TPSA) is 237 Å². The van der Waals surface area contributed by atoms with Gasteiger partial charge in [-0.25, -0.2) is 9.13 Å². The van der Waals surface area contributed by atoms with Crippen molar-refractivity contribution in [1.82, 2.24) is 0 Å². The van der Waals surface area contributed by atoms with Gasteiger partial charge >= 0.3 is 39.5 Å². The lowest BCUT2D eigenvalue weighted by atomic mass is 9.99. The molecule has 0 fully saturated rings. The predicted molar refractivity (Wildman–Crippen MR) is 405 cm³/mol. The number of rotatable bonds is 78. The minimum absolute atomic E-state index is 0.106. The van der Waals surface area contributed by atoms with Crippen molar-refractivity contribution in [2.75, 3.05) is 39.6 Å². The molecule has 0 aliphatic heterocycles. The molecule has 0 heterocycles. The summed E-state index contributed by atoms with van der Waals surface area (Å²) < 4.78 is 68.6. The fourth-order valence-electron chi connectivity index (χ4n) is 12.2. The van der Waals surface area contributed by atoms with Crippen LogP contribution >= 0.6 is 15.6 Å². The van der Waals surface area contributed by atoms with Gasteiger partial charge in [-0.15, -0.1) is 0 Å². The van der Waals surface area contributed by atoms with Gasteiger partial charge in [-0.1, -0.05) is 363 Å². The van der Waals surface area contributed by atoms with Crippen LogP contribution in [-0.2, 0) is 65.4 Å². The number of phosphoric acid groups is 2. The van der Waals surface area contributed by atoms with Crippen LogP contribution in [0.3, 0.4) is 0 Å². The van der Waals surface area contributed by atoms with E-state index in [0.29, 0.717) is 25.7 Å². The van der Waals surface area contributed by atoms with E-state index >= 15 is 0 Å². The molecule has 0 radical (unpaired) electrons. The van der Waals surface area contributed by atoms with Gasteiger partial charge in [0.05, 0.1) is 26.4 Å². The normalized spacial score (nSPS) is 14.5. The Morgan fingerprint density at radius 2 is 0.515 bits per heavy atom. The van der Waals surface area contributed by atoms with Crippen molar-refractivity contribution in [2.45, 2.75) is 433 Å². The first-order valence-electron chi connectivity index (χ1n) is 41.4. The zero-order chi connectivity index (χ0) is 73.0. The molecule has 0 saturated carbocycles. The van der Waals surface area contributed by atoms with E-state index in [0.717, 1.165) is 108 Å². The zero-order valence-corrected chi connectivity index (χ0v) is 66.8. The highest BCUT2D eigenvalue weighted by Crippen LogP contribution is 2.45. The summed E-state index contributed by atoms with van der Waals surface area (Å²) in [6.07, 6.45) is 58.2. The van der Waals surface area contributed by atoms with E-state index in [1.54, 1.807) is 0 Å². The maximum atomic E-state index is 13.1. The molecule has 0 spiro atoms. The SMILES string of the molecule is CCCCCCCCCCCC(=O)OC[C@H](COP(=O)(O)OC[C@H](O)COP(=O)(O)OC[C@@H](COC(=O)CCCCCCCCCCCCCC(C)C)OC(=O)CCCCCCCCCCCCCCCCCCCCC(C)CC)OC(=O)CCCCCCCCCCCCC(C)CC. The molecule has 0 saturated heterocycles. The smallest absolute Gasteiger partial charge is 0.462 e. The molecule has 4 unspecified atom stereocenters. The predicted octanol–water partition coefficient (Wildman–Crippen LogP) is 23.7. The first-order chi connectivity index (χ1) is 47.8. The third kappa shape index (κ3) is 71.5. The van der Waals surface area contributed by atoms with Gasteiger partial charge in [0, 0.05) is 25.7 Å². The molecule has 0 aromatic rings. The summed E-state index contributed by atoms with van der Waals surface area (Å²) in [6.45, 7) is 12.0. The zero-order valence-electron chi connectivity index (χ0n) is 65.0. The van der Waals surface area contributed by atoms with Gasteiger partial charge in [0.15, 0.2) is 12.2 Å². The Labute approximate surface area is 607 Å². The molecule has 0 amide bonds. The van der Waals surface area contributed by atoms with Crippen LogP contribution in [0.4, 0.5) is 0 Å². The van der Waals surface area contributed by atoms with Gasteiger partial charge < -0.3 is 33.8 Å². The molecule has 3 N–H and O–H groups in total. The first-order valence-corrected chi connectivity index (χ1v) is 44.4. The second kappa shape index (κ2) is 70.4. The lowest BCUT2D eigenvalue weighted by molar-refractivity contribution is -0.161. The van der Waals surface area contributed by atoms with Gasteiger partial charge in [-0.3, -0.25) is 37.3 Å². The minimum atomic E-state index is -4.96. The van der Waals surface area contributed by atoms with Crippen LogP contribution in [0.15, 0.2) is 0 Å². The molecule has 0 aliphatic carbocycles. The molecule has 7 atom stereocenters. The van der Waals surface area contributed by atoms with E-state index in [-0.39, 0.29) is 25.7 Å². The number of aliphatic hydroxyl groups is 1. The second-order valence-electron chi connectivity index (χ2n) is 29.8. The number of aliphatic hydroxyl groups excluding tert-OH is 1. The van der Waals surface area contributed by atoms with Crippen molar-refractivity contribution in [2.24, 2.45) is 17.8 Å². The molecular weight excluding hydrogens is 1290 g/mol. The van der Waals surface area contributed by atoms with E-state index in [4.69, 9.17) is 37.0 Å². The van der Waals surface area contributed by atoms with Crippen LogP contribution in [0.25, 0.3) is 0 Å². The maximum absolute atomic E-state index is 13.1. The molecular formula is C80H156O17P2. The highest BCUT2D eigenvalue weighted by Gasteiger charge is 2.30. The van der Waals surface area contributed by atoms with Crippen LogP contribution in [-0.4, -0.2) is 96.7 Å². The monoisotopic (exact) mass is 1450 g/mol. The number of phosphoric ester groups is 2. The Morgan fingerprint density at radius 3 is 0.768 bits per heavy atom. The Hall–Kier alpha value is -1.94. The Bertz CT molecular complexity index is 1930.